The Kier molecular flexibility index (Phi) is 3.57. The van der Waals surface area contributed by atoms with E-state index in [1.807, 2.05) is 30.1 Å². The molecule has 2 aromatic rings. The summed E-state index contributed by atoms with van der Waals surface area (Å²) in [6, 6.07) is 6.06. The fraction of sp³-hybridized carbons (Fsp3) is 0.357. The lowest BCUT2D eigenvalue weighted by Crippen LogP contribution is -2.05. The molecule has 0 aliphatic carbocycles. The number of nitrogens with zero attached hydrogens (tertiary/aromatic N) is 1. The maximum atomic E-state index is 5.98. The average molecular weight is 246 g/mol. The molecule has 0 radical (unpaired) electrons. The van der Waals surface area contributed by atoms with Crippen LogP contribution in [0.3, 0.4) is 0 Å². The summed E-state index contributed by atoms with van der Waals surface area (Å²) in [6.07, 6.45) is 3.69. The molecule has 0 bridgehead atoms. The first-order valence-electron chi connectivity index (χ1n) is 5.88. The molecule has 0 saturated heterocycles. The fourth-order valence-electron chi connectivity index (χ4n) is 1.63. The lowest BCUT2D eigenvalue weighted by molar-refractivity contribution is 0.642. The maximum Gasteiger partial charge on any atom is 0.0395 e. The van der Waals surface area contributed by atoms with Crippen molar-refractivity contribution in [1.82, 2.24) is 4.98 Å². The molecule has 0 saturated carbocycles. The van der Waals surface area contributed by atoms with Gasteiger partial charge in [0.15, 0.2) is 0 Å². The Balaban J connectivity index is 2.45. The molecule has 90 valence electrons. The lowest BCUT2D eigenvalue weighted by Gasteiger charge is -2.16. The van der Waals surface area contributed by atoms with Gasteiger partial charge in [0.1, 0.15) is 0 Å². The van der Waals surface area contributed by atoms with Crippen molar-refractivity contribution in [1.29, 1.82) is 0 Å². The van der Waals surface area contributed by atoms with Gasteiger partial charge in [0.25, 0.3) is 0 Å². The van der Waals surface area contributed by atoms with Crippen LogP contribution in [0, 0.1) is 5.92 Å². The van der Waals surface area contributed by atoms with E-state index in [0.29, 0.717) is 11.2 Å². The number of nitrogen functional groups attached to an aromatic ring is 1. The number of pyridine rings is 1. The van der Waals surface area contributed by atoms with Gasteiger partial charge in [0.05, 0.1) is 0 Å². The van der Waals surface area contributed by atoms with Crippen LogP contribution in [-0.2, 0) is 0 Å². The highest BCUT2D eigenvalue weighted by Crippen LogP contribution is 2.35. The summed E-state index contributed by atoms with van der Waals surface area (Å²) < 4.78 is 0. The normalized spacial score (nSPS) is 13.2. The molecule has 0 amide bonds. The van der Waals surface area contributed by atoms with Crippen molar-refractivity contribution < 1.29 is 0 Å². The van der Waals surface area contributed by atoms with Crippen LogP contribution in [0.1, 0.15) is 20.8 Å². The molecule has 17 heavy (non-hydrogen) atoms. The van der Waals surface area contributed by atoms with E-state index in [1.165, 1.54) is 4.90 Å². The van der Waals surface area contributed by atoms with E-state index < -0.39 is 0 Å². The minimum absolute atomic E-state index is 0.585. The Bertz CT molecular complexity index is 523. The Morgan fingerprint density at radius 1 is 1.12 bits per heavy atom. The van der Waals surface area contributed by atoms with Crippen LogP contribution in [0.2, 0.25) is 0 Å². The minimum Gasteiger partial charge on any atom is -0.398 e. The lowest BCUT2D eigenvalue weighted by atomic mass is 10.1. The van der Waals surface area contributed by atoms with E-state index in [9.17, 15) is 0 Å². The number of benzene rings is 1. The quantitative estimate of drug-likeness (QED) is 0.658. The van der Waals surface area contributed by atoms with Crippen LogP contribution in [0.4, 0.5) is 5.69 Å². The summed E-state index contributed by atoms with van der Waals surface area (Å²) >= 11 is 1.89. The van der Waals surface area contributed by atoms with Crippen LogP contribution in [0.25, 0.3) is 10.8 Å². The topological polar surface area (TPSA) is 38.9 Å². The van der Waals surface area contributed by atoms with Gasteiger partial charge in [-0.2, -0.15) is 0 Å². The molecule has 1 aromatic heterocycles. The van der Waals surface area contributed by atoms with Crippen molar-refractivity contribution in [3.05, 3.63) is 30.6 Å². The third kappa shape index (κ3) is 2.55. The first-order valence-corrected chi connectivity index (χ1v) is 6.76. The summed E-state index contributed by atoms with van der Waals surface area (Å²) in [5, 5.41) is 2.84. The van der Waals surface area contributed by atoms with Crippen LogP contribution < -0.4 is 5.73 Å². The zero-order chi connectivity index (χ0) is 12.4. The van der Waals surface area contributed by atoms with E-state index in [-0.39, 0.29) is 0 Å². The average Bonchev–Trinajstić information content (AvgIpc) is 2.33. The van der Waals surface area contributed by atoms with Crippen molar-refractivity contribution in [2.75, 3.05) is 5.73 Å². The fourth-order valence-corrected chi connectivity index (χ4v) is 2.74. The first-order chi connectivity index (χ1) is 8.09. The van der Waals surface area contributed by atoms with Crippen LogP contribution in [-0.4, -0.2) is 10.2 Å². The molecule has 0 spiro atoms. The van der Waals surface area contributed by atoms with Crippen molar-refractivity contribution in [3.8, 4) is 0 Å². The van der Waals surface area contributed by atoms with Gasteiger partial charge in [-0.05, 0) is 24.1 Å². The van der Waals surface area contributed by atoms with Gasteiger partial charge in [0, 0.05) is 39.0 Å². The second-order valence-electron chi connectivity index (χ2n) is 4.64. The summed E-state index contributed by atoms with van der Waals surface area (Å²) in [5.74, 6) is 0.657. The standard InChI is InChI=1S/C14H18N2S/c1-9(2)10(3)17-14-5-4-13(15)11-6-7-16-8-12(11)14/h4-10H,15H2,1-3H3. The summed E-state index contributed by atoms with van der Waals surface area (Å²) in [5.41, 5.74) is 6.80. The molecule has 2 rings (SSSR count). The number of hydrogen-bond acceptors (Lipinski definition) is 3. The number of aromatic nitrogens is 1. The second-order valence-corrected chi connectivity index (χ2v) is 6.06. The van der Waals surface area contributed by atoms with Gasteiger partial charge in [0.2, 0.25) is 0 Å². The van der Waals surface area contributed by atoms with Gasteiger partial charge >= 0.3 is 0 Å². The third-order valence-corrected chi connectivity index (χ3v) is 4.59. The van der Waals surface area contributed by atoms with Crippen molar-refractivity contribution in [3.63, 3.8) is 0 Å². The van der Waals surface area contributed by atoms with Crippen LogP contribution in [0.5, 0.6) is 0 Å². The summed E-state index contributed by atoms with van der Waals surface area (Å²) in [6.45, 7) is 6.75. The van der Waals surface area contributed by atoms with E-state index >= 15 is 0 Å². The third-order valence-electron chi connectivity index (χ3n) is 3.06. The molecular weight excluding hydrogens is 228 g/mol. The highest BCUT2D eigenvalue weighted by molar-refractivity contribution is 8.00. The van der Waals surface area contributed by atoms with Gasteiger partial charge in [-0.25, -0.2) is 0 Å². The molecule has 1 aromatic carbocycles. The van der Waals surface area contributed by atoms with E-state index in [0.717, 1.165) is 16.5 Å². The predicted octanol–water partition coefficient (Wildman–Crippen LogP) is 3.95. The zero-order valence-electron chi connectivity index (χ0n) is 10.5. The Hall–Kier alpha value is -1.22. The van der Waals surface area contributed by atoms with Gasteiger partial charge < -0.3 is 5.73 Å². The molecule has 1 heterocycles. The molecule has 1 atom stereocenters. The van der Waals surface area contributed by atoms with Gasteiger partial charge in [-0.1, -0.05) is 20.8 Å². The second kappa shape index (κ2) is 4.96. The maximum absolute atomic E-state index is 5.98. The van der Waals surface area contributed by atoms with Crippen molar-refractivity contribution in [2.45, 2.75) is 30.9 Å². The molecule has 0 aliphatic heterocycles. The highest BCUT2D eigenvalue weighted by atomic mass is 32.2. The number of nitrogens with two attached hydrogens (primary N) is 1. The van der Waals surface area contributed by atoms with Gasteiger partial charge in [-0.15, -0.1) is 11.8 Å². The smallest absolute Gasteiger partial charge is 0.0395 e. The number of anilines is 1. The summed E-state index contributed by atoms with van der Waals surface area (Å²) in [7, 11) is 0. The van der Waals surface area contributed by atoms with E-state index in [2.05, 4.69) is 31.8 Å². The minimum atomic E-state index is 0.585. The Morgan fingerprint density at radius 3 is 2.59 bits per heavy atom. The number of rotatable bonds is 3. The number of fused-ring (bicyclic) bond motifs is 1. The highest BCUT2D eigenvalue weighted by Gasteiger charge is 2.11. The first kappa shape index (κ1) is 12.2. The Labute approximate surface area is 107 Å². The van der Waals surface area contributed by atoms with Crippen LogP contribution in [0.15, 0.2) is 35.5 Å². The molecule has 3 heteroatoms. The molecule has 2 nitrogen and oxygen atoms in total. The van der Waals surface area contributed by atoms with E-state index in [4.69, 9.17) is 5.73 Å². The molecular formula is C14H18N2S. The molecule has 0 fully saturated rings. The van der Waals surface area contributed by atoms with Crippen LogP contribution >= 0.6 is 11.8 Å². The summed E-state index contributed by atoms with van der Waals surface area (Å²) in [4.78, 5) is 5.47. The molecule has 0 aliphatic rings. The number of thioether (sulfide) groups is 1. The SMILES string of the molecule is CC(C)C(C)Sc1ccc(N)c2ccncc12. The van der Waals surface area contributed by atoms with Gasteiger partial charge in [-0.3, -0.25) is 4.98 Å². The Morgan fingerprint density at radius 2 is 1.88 bits per heavy atom. The molecule has 2 N–H and O–H groups in total. The van der Waals surface area contributed by atoms with Crippen molar-refractivity contribution in [2.24, 2.45) is 5.92 Å². The van der Waals surface area contributed by atoms with E-state index in [1.54, 1.807) is 6.20 Å². The monoisotopic (exact) mass is 246 g/mol. The number of hydrogen-bond donors (Lipinski definition) is 1. The molecule has 1 unspecified atom stereocenters. The largest absolute Gasteiger partial charge is 0.398 e. The predicted molar refractivity (Wildman–Crippen MR) is 76.3 cm³/mol. The van der Waals surface area contributed by atoms with Crippen molar-refractivity contribution >= 4 is 28.2 Å². The zero-order valence-corrected chi connectivity index (χ0v) is 11.3.